The molecule has 6 nitrogen and oxygen atoms in total. The van der Waals surface area contributed by atoms with Gasteiger partial charge in [-0.3, -0.25) is 14.4 Å². The van der Waals surface area contributed by atoms with E-state index in [4.69, 9.17) is 11.6 Å². The van der Waals surface area contributed by atoms with Crippen molar-refractivity contribution in [3.05, 3.63) is 64.9 Å². The molecular formula is C21H21ClFN3O3. The van der Waals surface area contributed by atoms with Crippen molar-refractivity contribution in [1.82, 2.24) is 9.80 Å². The molecule has 0 saturated carbocycles. The van der Waals surface area contributed by atoms with Crippen LogP contribution in [0.15, 0.2) is 48.5 Å². The van der Waals surface area contributed by atoms with E-state index in [0.717, 1.165) is 5.56 Å². The average molecular weight is 418 g/mol. The van der Waals surface area contributed by atoms with Gasteiger partial charge < -0.3 is 15.1 Å². The molecule has 2 aromatic carbocycles. The summed E-state index contributed by atoms with van der Waals surface area (Å²) in [5.74, 6) is -2.16. The van der Waals surface area contributed by atoms with Gasteiger partial charge in [0.2, 0.25) is 5.91 Å². The second kappa shape index (κ2) is 9.05. The van der Waals surface area contributed by atoms with E-state index in [1.54, 1.807) is 43.3 Å². The molecule has 2 aromatic rings. The fraction of sp³-hybridized carbons (Fsp3) is 0.286. The number of benzene rings is 2. The highest BCUT2D eigenvalue weighted by atomic mass is 35.5. The Labute approximate surface area is 173 Å². The zero-order valence-electron chi connectivity index (χ0n) is 15.9. The van der Waals surface area contributed by atoms with Gasteiger partial charge in [0, 0.05) is 19.6 Å². The first-order valence-electron chi connectivity index (χ1n) is 9.30. The molecule has 0 spiro atoms. The summed E-state index contributed by atoms with van der Waals surface area (Å²) in [6.07, 6.45) is 0.354. The third-order valence-electron chi connectivity index (χ3n) is 4.83. The number of anilines is 1. The fourth-order valence-corrected chi connectivity index (χ4v) is 3.46. The Morgan fingerprint density at radius 3 is 2.45 bits per heavy atom. The molecule has 3 rings (SSSR count). The molecule has 1 N–H and O–H groups in total. The van der Waals surface area contributed by atoms with Crippen LogP contribution >= 0.6 is 11.6 Å². The summed E-state index contributed by atoms with van der Waals surface area (Å²) in [5, 5.41) is 3.12. The van der Waals surface area contributed by atoms with Gasteiger partial charge in [0.1, 0.15) is 11.9 Å². The lowest BCUT2D eigenvalue weighted by Gasteiger charge is -2.37. The van der Waals surface area contributed by atoms with Crippen molar-refractivity contribution < 1.29 is 18.8 Å². The molecule has 1 aliphatic rings. The van der Waals surface area contributed by atoms with Gasteiger partial charge in [-0.05, 0) is 36.2 Å². The molecule has 0 aromatic heterocycles. The number of piperazine rings is 1. The van der Waals surface area contributed by atoms with Crippen molar-refractivity contribution in [3.8, 4) is 0 Å². The summed E-state index contributed by atoms with van der Waals surface area (Å²) in [6.45, 7) is 2.51. The summed E-state index contributed by atoms with van der Waals surface area (Å²) >= 11 is 6.08. The number of carbonyl (C=O) groups is 3. The van der Waals surface area contributed by atoms with Crippen molar-refractivity contribution in [2.75, 3.05) is 18.4 Å². The summed E-state index contributed by atoms with van der Waals surface area (Å²) in [7, 11) is 0. The lowest BCUT2D eigenvalue weighted by molar-refractivity contribution is -0.159. The van der Waals surface area contributed by atoms with Gasteiger partial charge in [0.15, 0.2) is 0 Å². The number of hydrogen-bond donors (Lipinski definition) is 1. The Kier molecular flexibility index (Phi) is 6.49. The quantitative estimate of drug-likeness (QED) is 0.734. The predicted molar refractivity (Wildman–Crippen MR) is 108 cm³/mol. The Morgan fingerprint density at radius 2 is 1.79 bits per heavy atom. The molecule has 152 valence electrons. The van der Waals surface area contributed by atoms with Crippen LogP contribution in [-0.4, -0.2) is 46.7 Å². The average Bonchev–Trinajstić information content (AvgIpc) is 2.71. The van der Waals surface area contributed by atoms with Gasteiger partial charge in [-0.1, -0.05) is 42.8 Å². The van der Waals surface area contributed by atoms with E-state index in [2.05, 4.69) is 5.32 Å². The largest absolute Gasteiger partial charge is 0.328 e. The zero-order chi connectivity index (χ0) is 21.0. The second-order valence-corrected chi connectivity index (χ2v) is 7.15. The van der Waals surface area contributed by atoms with Gasteiger partial charge in [0.05, 0.1) is 10.7 Å². The molecule has 0 unspecified atom stereocenters. The maximum Gasteiger partial charge on any atom is 0.312 e. The number of nitrogens with one attached hydrogen (secondary N) is 1. The third kappa shape index (κ3) is 4.74. The molecule has 29 heavy (non-hydrogen) atoms. The molecular weight excluding hydrogens is 397 g/mol. The lowest BCUT2D eigenvalue weighted by atomic mass is 10.1. The summed E-state index contributed by atoms with van der Waals surface area (Å²) in [5.41, 5.74) is 1.18. The minimum atomic E-state index is -0.782. The smallest absolute Gasteiger partial charge is 0.312 e. The van der Waals surface area contributed by atoms with Crippen molar-refractivity contribution >= 4 is 35.0 Å². The number of nitrogens with zero attached hydrogens (tertiary/aromatic N) is 2. The van der Waals surface area contributed by atoms with Crippen LogP contribution in [0.2, 0.25) is 5.02 Å². The molecule has 3 amide bonds. The first-order chi connectivity index (χ1) is 13.9. The van der Waals surface area contributed by atoms with Gasteiger partial charge in [-0.2, -0.15) is 0 Å². The Bertz CT molecular complexity index is 920. The predicted octanol–water partition coefficient (Wildman–Crippen LogP) is 3.07. The van der Waals surface area contributed by atoms with Crippen molar-refractivity contribution in [2.24, 2.45) is 0 Å². The van der Waals surface area contributed by atoms with Crippen molar-refractivity contribution in [3.63, 3.8) is 0 Å². The highest BCUT2D eigenvalue weighted by Gasteiger charge is 2.38. The van der Waals surface area contributed by atoms with Crippen LogP contribution in [-0.2, 0) is 20.9 Å². The highest BCUT2D eigenvalue weighted by molar-refractivity contribution is 6.36. The van der Waals surface area contributed by atoms with Crippen molar-refractivity contribution in [2.45, 2.75) is 25.9 Å². The first kappa shape index (κ1) is 20.8. The number of amides is 3. The van der Waals surface area contributed by atoms with Crippen LogP contribution in [0.5, 0.6) is 0 Å². The number of carbonyl (C=O) groups excluding carboxylic acids is 3. The van der Waals surface area contributed by atoms with E-state index >= 15 is 0 Å². The molecule has 0 bridgehead atoms. The first-order valence-corrected chi connectivity index (χ1v) is 9.68. The van der Waals surface area contributed by atoms with Crippen LogP contribution in [0, 0.1) is 5.82 Å². The number of halogens is 2. The van der Waals surface area contributed by atoms with E-state index in [9.17, 15) is 18.8 Å². The van der Waals surface area contributed by atoms with Gasteiger partial charge >= 0.3 is 11.8 Å². The maximum atomic E-state index is 13.1. The monoisotopic (exact) mass is 417 g/mol. The zero-order valence-corrected chi connectivity index (χ0v) is 16.7. The Hall–Kier alpha value is -2.93. The van der Waals surface area contributed by atoms with Crippen LogP contribution in [0.1, 0.15) is 18.9 Å². The van der Waals surface area contributed by atoms with E-state index < -0.39 is 23.8 Å². The van der Waals surface area contributed by atoms with Gasteiger partial charge in [-0.25, -0.2) is 4.39 Å². The molecule has 1 heterocycles. The normalized spacial score (nSPS) is 15.4. The molecule has 8 heteroatoms. The molecule has 1 aliphatic heterocycles. The molecule has 1 atom stereocenters. The van der Waals surface area contributed by atoms with Crippen molar-refractivity contribution in [1.29, 1.82) is 0 Å². The van der Waals surface area contributed by atoms with Crippen LogP contribution in [0.4, 0.5) is 10.1 Å². The third-order valence-corrected chi connectivity index (χ3v) is 5.16. The van der Waals surface area contributed by atoms with E-state index in [-0.39, 0.29) is 25.5 Å². The maximum absolute atomic E-state index is 13.1. The fourth-order valence-electron chi connectivity index (χ4n) is 3.27. The lowest BCUT2D eigenvalue weighted by Crippen LogP contribution is -2.59. The van der Waals surface area contributed by atoms with E-state index in [1.165, 1.54) is 21.9 Å². The number of hydrogen-bond acceptors (Lipinski definition) is 3. The van der Waals surface area contributed by atoms with E-state index in [1.807, 2.05) is 0 Å². The number of rotatable bonds is 6. The van der Waals surface area contributed by atoms with Gasteiger partial charge in [-0.15, -0.1) is 0 Å². The summed E-state index contributed by atoms with van der Waals surface area (Å²) in [4.78, 5) is 40.7. The Morgan fingerprint density at radius 1 is 1.10 bits per heavy atom. The summed E-state index contributed by atoms with van der Waals surface area (Å²) in [6, 6.07) is 11.8. The molecule has 1 saturated heterocycles. The molecule has 0 radical (unpaired) electrons. The SMILES string of the molecule is CC[C@@H](C(=O)Nc1ccccc1Cl)N1CCN(Cc2ccc(F)cc2)C(=O)C1=O. The van der Waals surface area contributed by atoms with Crippen LogP contribution in [0.3, 0.4) is 0 Å². The minimum absolute atomic E-state index is 0.210. The minimum Gasteiger partial charge on any atom is -0.328 e. The second-order valence-electron chi connectivity index (χ2n) is 6.74. The Balaban J connectivity index is 1.68. The topological polar surface area (TPSA) is 69.7 Å². The van der Waals surface area contributed by atoms with Crippen LogP contribution in [0.25, 0.3) is 0 Å². The number of para-hydroxylation sites is 1. The molecule has 1 fully saturated rings. The summed E-state index contributed by atoms with van der Waals surface area (Å²) < 4.78 is 13.1. The van der Waals surface area contributed by atoms with Gasteiger partial charge in [0.25, 0.3) is 0 Å². The van der Waals surface area contributed by atoms with Crippen LogP contribution < -0.4 is 5.32 Å². The molecule has 0 aliphatic carbocycles. The standard InChI is InChI=1S/C21H21ClFN3O3/c1-2-18(19(27)24-17-6-4-3-5-16(17)22)26-12-11-25(20(28)21(26)29)13-14-7-9-15(23)10-8-14/h3-10,18H,2,11-13H2,1H3,(H,24,27)/t18-/m0/s1. The van der Waals surface area contributed by atoms with E-state index in [0.29, 0.717) is 17.1 Å². The highest BCUT2D eigenvalue weighted by Crippen LogP contribution is 2.22.